The zero-order valence-corrected chi connectivity index (χ0v) is 11.7. The summed E-state index contributed by atoms with van der Waals surface area (Å²) in [7, 11) is 1.56. The number of ether oxygens (including phenoxy) is 1. The van der Waals surface area contributed by atoms with Crippen molar-refractivity contribution in [2.45, 2.75) is 38.3 Å². The van der Waals surface area contributed by atoms with Gasteiger partial charge < -0.3 is 14.7 Å². The predicted molar refractivity (Wildman–Crippen MR) is 73.4 cm³/mol. The lowest BCUT2D eigenvalue weighted by Crippen LogP contribution is -2.54. The molecule has 2 rings (SSSR count). The molecular formula is C15H21NO3. The van der Waals surface area contributed by atoms with Crippen molar-refractivity contribution < 1.29 is 14.6 Å². The second-order valence-corrected chi connectivity index (χ2v) is 5.62. The number of piperidine rings is 1. The fraction of sp³-hybridized carbons (Fsp3) is 0.533. The molecule has 1 amide bonds. The van der Waals surface area contributed by atoms with Crippen LogP contribution in [0.5, 0.6) is 5.75 Å². The molecule has 1 aliphatic heterocycles. The van der Waals surface area contributed by atoms with Gasteiger partial charge in [0.05, 0.1) is 18.8 Å². The molecule has 1 fully saturated rings. The minimum absolute atomic E-state index is 0.0822. The average Bonchev–Trinajstić information content (AvgIpc) is 2.40. The summed E-state index contributed by atoms with van der Waals surface area (Å²) in [4.78, 5) is 14.4. The number of para-hydroxylation sites is 1. The van der Waals surface area contributed by atoms with Crippen molar-refractivity contribution in [1.82, 2.24) is 4.90 Å². The molecule has 1 N–H and O–H groups in total. The van der Waals surface area contributed by atoms with E-state index >= 15 is 0 Å². The first kappa shape index (κ1) is 13.9. The number of likely N-dealkylation sites (tertiary alicyclic amines) is 1. The summed E-state index contributed by atoms with van der Waals surface area (Å²) in [6.07, 6.45) is 1.10. The van der Waals surface area contributed by atoms with E-state index in [9.17, 15) is 9.90 Å². The maximum atomic E-state index is 12.7. The van der Waals surface area contributed by atoms with E-state index in [4.69, 9.17) is 4.74 Å². The van der Waals surface area contributed by atoms with Crippen molar-refractivity contribution >= 4 is 5.91 Å². The van der Waals surface area contributed by atoms with Crippen LogP contribution in [0.2, 0.25) is 0 Å². The van der Waals surface area contributed by atoms with Gasteiger partial charge in [0.25, 0.3) is 5.91 Å². The Bertz CT molecular complexity index is 470. The summed E-state index contributed by atoms with van der Waals surface area (Å²) in [6.45, 7) is 4.45. The Morgan fingerprint density at radius 3 is 2.79 bits per heavy atom. The third-order valence-electron chi connectivity index (χ3n) is 3.80. The molecule has 1 aliphatic rings. The quantitative estimate of drug-likeness (QED) is 0.888. The van der Waals surface area contributed by atoms with E-state index in [-0.39, 0.29) is 11.4 Å². The first-order valence-electron chi connectivity index (χ1n) is 6.59. The van der Waals surface area contributed by atoms with Gasteiger partial charge >= 0.3 is 0 Å². The highest BCUT2D eigenvalue weighted by Gasteiger charge is 2.37. The Balaban J connectivity index is 2.31. The van der Waals surface area contributed by atoms with Crippen LogP contribution in [0, 0.1) is 0 Å². The van der Waals surface area contributed by atoms with Gasteiger partial charge in [0.1, 0.15) is 5.75 Å². The number of methoxy groups -OCH3 is 1. The van der Waals surface area contributed by atoms with Crippen LogP contribution in [0.4, 0.5) is 0 Å². The summed E-state index contributed by atoms with van der Waals surface area (Å²) in [5.41, 5.74) is 0.309. The van der Waals surface area contributed by atoms with Crippen molar-refractivity contribution in [3.05, 3.63) is 29.8 Å². The predicted octanol–water partition coefficient (Wildman–Crippen LogP) is 2.07. The van der Waals surface area contributed by atoms with Crippen LogP contribution >= 0.6 is 0 Å². The van der Waals surface area contributed by atoms with Gasteiger partial charge in [-0.15, -0.1) is 0 Å². The van der Waals surface area contributed by atoms with Crippen LogP contribution in [0.15, 0.2) is 24.3 Å². The van der Waals surface area contributed by atoms with E-state index in [1.165, 1.54) is 0 Å². The van der Waals surface area contributed by atoms with E-state index in [1.54, 1.807) is 24.1 Å². The Morgan fingerprint density at radius 1 is 1.42 bits per heavy atom. The van der Waals surface area contributed by atoms with E-state index in [0.29, 0.717) is 17.9 Å². The number of benzene rings is 1. The van der Waals surface area contributed by atoms with Gasteiger partial charge in [0.15, 0.2) is 0 Å². The molecular weight excluding hydrogens is 242 g/mol. The Labute approximate surface area is 114 Å². The Kier molecular flexibility index (Phi) is 3.80. The second-order valence-electron chi connectivity index (χ2n) is 5.62. The number of aliphatic hydroxyl groups is 1. The van der Waals surface area contributed by atoms with Gasteiger partial charge in [-0.1, -0.05) is 12.1 Å². The topological polar surface area (TPSA) is 49.8 Å². The number of carbonyl (C=O) groups excluding carboxylic acids is 1. The molecule has 0 saturated carbocycles. The van der Waals surface area contributed by atoms with Crippen LogP contribution in [0.3, 0.4) is 0 Å². The van der Waals surface area contributed by atoms with Gasteiger partial charge in [0.2, 0.25) is 0 Å². The molecule has 19 heavy (non-hydrogen) atoms. The summed E-state index contributed by atoms with van der Waals surface area (Å²) >= 11 is 0. The van der Waals surface area contributed by atoms with Gasteiger partial charge in [-0.25, -0.2) is 0 Å². The fourth-order valence-corrected chi connectivity index (χ4v) is 2.53. The number of β-amino-alcohol motifs (C(OH)–C–C–N with tert-alkyl or cyclic N) is 1. The number of nitrogens with zero attached hydrogens (tertiary/aromatic N) is 1. The first-order chi connectivity index (χ1) is 8.95. The lowest BCUT2D eigenvalue weighted by atomic mass is 9.88. The molecule has 0 aliphatic carbocycles. The summed E-state index contributed by atoms with van der Waals surface area (Å²) < 4.78 is 5.24. The number of carbonyl (C=O) groups is 1. The monoisotopic (exact) mass is 263 g/mol. The molecule has 0 radical (unpaired) electrons. The molecule has 0 spiro atoms. The minimum atomic E-state index is -0.438. The van der Waals surface area contributed by atoms with E-state index in [1.807, 2.05) is 26.0 Å². The Morgan fingerprint density at radius 2 is 2.11 bits per heavy atom. The Hall–Kier alpha value is -1.55. The first-order valence-corrected chi connectivity index (χ1v) is 6.59. The number of hydrogen-bond acceptors (Lipinski definition) is 3. The lowest BCUT2D eigenvalue weighted by Gasteiger charge is -2.44. The third kappa shape index (κ3) is 2.73. The fourth-order valence-electron chi connectivity index (χ4n) is 2.53. The van der Waals surface area contributed by atoms with Gasteiger partial charge in [-0.05, 0) is 38.8 Å². The maximum absolute atomic E-state index is 12.7. The van der Waals surface area contributed by atoms with Crippen LogP contribution < -0.4 is 4.74 Å². The zero-order chi connectivity index (χ0) is 14.0. The normalized spacial score (nSPS) is 22.1. The van der Waals surface area contributed by atoms with Crippen LogP contribution in [-0.4, -0.2) is 41.2 Å². The van der Waals surface area contributed by atoms with Crippen LogP contribution in [-0.2, 0) is 0 Å². The molecule has 0 bridgehead atoms. The molecule has 104 valence electrons. The van der Waals surface area contributed by atoms with Crippen LogP contribution in [0.25, 0.3) is 0 Å². The highest BCUT2D eigenvalue weighted by atomic mass is 16.5. The van der Waals surface area contributed by atoms with Gasteiger partial charge in [-0.3, -0.25) is 4.79 Å². The highest BCUT2D eigenvalue weighted by Crippen LogP contribution is 2.31. The molecule has 1 unspecified atom stereocenters. The number of rotatable bonds is 2. The maximum Gasteiger partial charge on any atom is 0.258 e. The third-order valence-corrected chi connectivity index (χ3v) is 3.80. The zero-order valence-electron chi connectivity index (χ0n) is 11.7. The highest BCUT2D eigenvalue weighted by molar-refractivity contribution is 5.97. The molecule has 1 saturated heterocycles. The van der Waals surface area contributed by atoms with Crippen molar-refractivity contribution in [3.8, 4) is 5.75 Å². The molecule has 1 atom stereocenters. The summed E-state index contributed by atoms with van der Waals surface area (Å²) in [5.74, 6) is 0.490. The van der Waals surface area contributed by atoms with Crippen molar-refractivity contribution in [3.63, 3.8) is 0 Å². The molecule has 4 heteroatoms. The number of hydrogen-bond donors (Lipinski definition) is 1. The average molecular weight is 263 g/mol. The van der Waals surface area contributed by atoms with Gasteiger partial charge in [-0.2, -0.15) is 0 Å². The van der Waals surface area contributed by atoms with Crippen molar-refractivity contribution in [1.29, 1.82) is 0 Å². The smallest absolute Gasteiger partial charge is 0.258 e. The molecule has 4 nitrogen and oxygen atoms in total. The van der Waals surface area contributed by atoms with Crippen molar-refractivity contribution in [2.75, 3.05) is 13.7 Å². The standard InChI is InChI=1S/C15H21NO3/c1-15(2)9-8-11(17)10-16(15)14(18)12-6-4-5-7-13(12)19-3/h4-7,11,17H,8-10H2,1-3H3. The molecule has 0 aromatic heterocycles. The SMILES string of the molecule is COc1ccccc1C(=O)N1CC(O)CCC1(C)C. The minimum Gasteiger partial charge on any atom is -0.496 e. The van der Waals surface area contributed by atoms with E-state index in [0.717, 1.165) is 12.8 Å². The number of aliphatic hydroxyl groups excluding tert-OH is 1. The summed E-state index contributed by atoms with van der Waals surface area (Å²) in [6, 6.07) is 7.20. The largest absolute Gasteiger partial charge is 0.496 e. The lowest BCUT2D eigenvalue weighted by molar-refractivity contribution is 0.00136. The second kappa shape index (κ2) is 5.21. The van der Waals surface area contributed by atoms with E-state index < -0.39 is 6.10 Å². The van der Waals surface area contributed by atoms with Crippen LogP contribution in [0.1, 0.15) is 37.0 Å². The van der Waals surface area contributed by atoms with E-state index in [2.05, 4.69) is 0 Å². The summed E-state index contributed by atoms with van der Waals surface area (Å²) in [5, 5.41) is 9.81. The van der Waals surface area contributed by atoms with Crippen molar-refractivity contribution in [2.24, 2.45) is 0 Å². The molecule has 1 aromatic rings. The molecule has 1 aromatic carbocycles. The number of amides is 1. The van der Waals surface area contributed by atoms with Gasteiger partial charge in [0, 0.05) is 12.1 Å². The molecule has 1 heterocycles.